The van der Waals surface area contributed by atoms with E-state index in [-0.39, 0.29) is 9.92 Å². The molecule has 0 N–H and O–H groups in total. The molecule has 2 aromatic carbocycles. The maximum Gasteiger partial charge on any atom is 0.265 e. The molecule has 3 nitrogen and oxygen atoms in total. The van der Waals surface area contributed by atoms with Crippen LogP contribution in [0.3, 0.4) is 0 Å². The molecule has 0 saturated heterocycles. The summed E-state index contributed by atoms with van der Waals surface area (Å²) in [4.78, 5) is 1.00. The second kappa shape index (κ2) is 6.32. The van der Waals surface area contributed by atoms with E-state index >= 15 is 0 Å². The number of halogens is 2. The van der Waals surface area contributed by atoms with E-state index in [4.69, 9.17) is 23.2 Å². The Bertz CT molecular complexity index is 809. The largest absolute Gasteiger partial charge is 0.265 e. The standard InChI is InChI=1S/C15H13Cl2NO2S2/c16-11-6-7-12(17)15(10-11)22(19,20)18-8-3-9-21-14-5-2-1-4-13(14)18/h1-2,4-7,10H,3,8-9H2. The fourth-order valence-corrected chi connectivity index (χ4v) is 5.65. The van der Waals surface area contributed by atoms with E-state index in [0.717, 1.165) is 17.1 Å². The number of benzene rings is 2. The third-order valence-corrected chi connectivity index (χ3v) is 7.04. The number of anilines is 1. The van der Waals surface area contributed by atoms with Crippen LogP contribution in [0.2, 0.25) is 10.0 Å². The molecule has 0 bridgehead atoms. The lowest BCUT2D eigenvalue weighted by Crippen LogP contribution is -2.32. The normalized spacial score (nSPS) is 15.3. The zero-order chi connectivity index (χ0) is 15.7. The zero-order valence-electron chi connectivity index (χ0n) is 11.5. The number of thioether (sulfide) groups is 1. The van der Waals surface area contributed by atoms with Gasteiger partial charge in [-0.3, -0.25) is 4.31 Å². The van der Waals surface area contributed by atoms with Gasteiger partial charge in [0.25, 0.3) is 10.0 Å². The van der Waals surface area contributed by atoms with Crippen LogP contribution < -0.4 is 4.31 Å². The molecule has 0 fully saturated rings. The van der Waals surface area contributed by atoms with Crippen molar-refractivity contribution in [2.75, 3.05) is 16.6 Å². The maximum absolute atomic E-state index is 13.0. The Hall–Kier alpha value is -0.880. The van der Waals surface area contributed by atoms with Crippen LogP contribution in [-0.2, 0) is 10.0 Å². The number of para-hydroxylation sites is 1. The van der Waals surface area contributed by atoms with Crippen molar-refractivity contribution >= 4 is 50.7 Å². The molecule has 0 aliphatic carbocycles. The Kier molecular flexibility index (Phi) is 4.59. The minimum Gasteiger partial charge on any atom is -0.265 e. The number of sulfonamides is 1. The molecular weight excluding hydrogens is 361 g/mol. The zero-order valence-corrected chi connectivity index (χ0v) is 14.6. The molecule has 1 aliphatic heterocycles. The van der Waals surface area contributed by atoms with E-state index in [9.17, 15) is 8.42 Å². The average Bonchev–Trinajstić information content (AvgIpc) is 2.72. The van der Waals surface area contributed by atoms with Gasteiger partial charge in [-0.2, -0.15) is 0 Å². The van der Waals surface area contributed by atoms with Gasteiger partial charge in [-0.15, -0.1) is 11.8 Å². The van der Waals surface area contributed by atoms with Gasteiger partial charge in [-0.05, 0) is 42.5 Å². The van der Waals surface area contributed by atoms with Gasteiger partial charge in [-0.1, -0.05) is 35.3 Å². The van der Waals surface area contributed by atoms with Crippen LogP contribution in [-0.4, -0.2) is 20.7 Å². The summed E-state index contributed by atoms with van der Waals surface area (Å²) in [6.07, 6.45) is 0.775. The topological polar surface area (TPSA) is 37.4 Å². The Morgan fingerprint density at radius 1 is 1.09 bits per heavy atom. The first-order valence-electron chi connectivity index (χ1n) is 6.70. The molecule has 1 aliphatic rings. The van der Waals surface area contributed by atoms with Crippen LogP contribution in [0.4, 0.5) is 5.69 Å². The van der Waals surface area contributed by atoms with Gasteiger partial charge >= 0.3 is 0 Å². The van der Waals surface area contributed by atoms with Crippen LogP contribution in [0.1, 0.15) is 6.42 Å². The van der Waals surface area contributed by atoms with Gasteiger partial charge in [0.15, 0.2) is 0 Å². The van der Waals surface area contributed by atoms with Gasteiger partial charge in [-0.25, -0.2) is 8.42 Å². The maximum atomic E-state index is 13.0. The third-order valence-electron chi connectivity index (χ3n) is 3.36. The first-order valence-corrected chi connectivity index (χ1v) is 9.88. The Balaban J connectivity index is 2.15. The van der Waals surface area contributed by atoms with Crippen LogP contribution in [0, 0.1) is 0 Å². The van der Waals surface area contributed by atoms with Crippen LogP contribution in [0.25, 0.3) is 0 Å². The number of hydrogen-bond donors (Lipinski definition) is 0. The molecule has 0 atom stereocenters. The number of fused-ring (bicyclic) bond motifs is 1. The van der Waals surface area contributed by atoms with E-state index in [1.807, 2.05) is 24.3 Å². The second-order valence-electron chi connectivity index (χ2n) is 4.82. The van der Waals surface area contributed by atoms with Crippen LogP contribution in [0.5, 0.6) is 0 Å². The molecule has 0 amide bonds. The summed E-state index contributed by atoms with van der Waals surface area (Å²) in [6, 6.07) is 12.0. The van der Waals surface area contributed by atoms with Gasteiger partial charge < -0.3 is 0 Å². The summed E-state index contributed by atoms with van der Waals surface area (Å²) in [5.41, 5.74) is 0.695. The fraction of sp³-hybridized carbons (Fsp3) is 0.200. The summed E-state index contributed by atoms with van der Waals surface area (Å²) in [7, 11) is -3.75. The highest BCUT2D eigenvalue weighted by atomic mass is 35.5. The summed E-state index contributed by atoms with van der Waals surface area (Å²) in [5.74, 6) is 0.881. The molecule has 116 valence electrons. The average molecular weight is 374 g/mol. The Morgan fingerprint density at radius 3 is 2.68 bits per heavy atom. The molecule has 22 heavy (non-hydrogen) atoms. The lowest BCUT2D eigenvalue weighted by atomic mass is 10.3. The predicted octanol–water partition coefficient (Wildman–Crippen LogP) is 4.68. The molecule has 3 rings (SSSR count). The van der Waals surface area contributed by atoms with Crippen molar-refractivity contribution in [2.24, 2.45) is 0 Å². The van der Waals surface area contributed by atoms with E-state index in [1.54, 1.807) is 17.8 Å². The predicted molar refractivity (Wildman–Crippen MR) is 92.8 cm³/mol. The van der Waals surface area contributed by atoms with Gasteiger partial charge in [0, 0.05) is 16.5 Å². The quantitative estimate of drug-likeness (QED) is 0.766. The van der Waals surface area contributed by atoms with Crippen molar-refractivity contribution in [3.8, 4) is 0 Å². The number of hydrogen-bond acceptors (Lipinski definition) is 3. The number of nitrogens with zero attached hydrogens (tertiary/aromatic N) is 1. The first kappa shape index (κ1) is 16.0. The first-order chi connectivity index (χ1) is 10.5. The molecule has 0 saturated carbocycles. The third kappa shape index (κ3) is 2.95. The number of rotatable bonds is 2. The molecule has 2 aromatic rings. The van der Waals surface area contributed by atoms with Crippen molar-refractivity contribution in [2.45, 2.75) is 16.2 Å². The van der Waals surface area contributed by atoms with E-state index < -0.39 is 10.0 Å². The SMILES string of the molecule is O=S(=O)(c1cc(Cl)ccc1Cl)N1CCCSc2ccccc21. The highest BCUT2D eigenvalue weighted by Crippen LogP contribution is 2.38. The van der Waals surface area contributed by atoms with E-state index in [1.165, 1.54) is 16.4 Å². The molecule has 0 unspecified atom stereocenters. The Labute approximate surface area is 144 Å². The summed E-state index contributed by atoms with van der Waals surface area (Å²) < 4.78 is 27.5. The molecule has 7 heteroatoms. The monoisotopic (exact) mass is 373 g/mol. The van der Waals surface area contributed by atoms with Crippen LogP contribution >= 0.6 is 35.0 Å². The molecule has 0 spiro atoms. The van der Waals surface area contributed by atoms with Gasteiger partial charge in [0.1, 0.15) is 4.90 Å². The lowest BCUT2D eigenvalue weighted by molar-refractivity contribution is 0.590. The molecule has 0 aromatic heterocycles. The van der Waals surface area contributed by atoms with Crippen molar-refractivity contribution in [3.05, 3.63) is 52.5 Å². The second-order valence-corrected chi connectivity index (χ2v) is 8.63. The minimum absolute atomic E-state index is 0.0448. The molecule has 1 heterocycles. The van der Waals surface area contributed by atoms with Crippen molar-refractivity contribution in [3.63, 3.8) is 0 Å². The van der Waals surface area contributed by atoms with E-state index in [0.29, 0.717) is 17.3 Å². The lowest BCUT2D eigenvalue weighted by Gasteiger charge is -2.24. The summed E-state index contributed by atoms with van der Waals surface area (Å²) >= 11 is 13.7. The highest BCUT2D eigenvalue weighted by Gasteiger charge is 2.30. The highest BCUT2D eigenvalue weighted by molar-refractivity contribution is 7.99. The van der Waals surface area contributed by atoms with E-state index in [2.05, 4.69) is 0 Å². The summed E-state index contributed by atoms with van der Waals surface area (Å²) in [5, 5.41) is 0.527. The van der Waals surface area contributed by atoms with Crippen molar-refractivity contribution in [1.29, 1.82) is 0 Å². The van der Waals surface area contributed by atoms with Crippen LogP contribution in [0.15, 0.2) is 52.3 Å². The minimum atomic E-state index is -3.75. The smallest absolute Gasteiger partial charge is 0.265 e. The van der Waals surface area contributed by atoms with Gasteiger partial charge in [0.05, 0.1) is 10.7 Å². The van der Waals surface area contributed by atoms with Crippen molar-refractivity contribution < 1.29 is 8.42 Å². The Morgan fingerprint density at radius 2 is 1.86 bits per heavy atom. The summed E-state index contributed by atoms with van der Waals surface area (Å²) in [6.45, 7) is 0.426. The fourth-order valence-electron chi connectivity index (χ4n) is 2.34. The van der Waals surface area contributed by atoms with Crippen molar-refractivity contribution in [1.82, 2.24) is 0 Å². The van der Waals surface area contributed by atoms with Gasteiger partial charge in [0.2, 0.25) is 0 Å². The molecule has 0 radical (unpaired) electrons. The molecular formula is C15H13Cl2NO2S2.